The third-order valence-corrected chi connectivity index (χ3v) is 7.22. The Labute approximate surface area is 211 Å². The standard InChI is InChI=1S/C27H18Cl2N2O2S/c28-19-11-14-21(22(29)15-19)26(32)30-20-12-9-17(10-13-20)27(33)31-16-18-5-1-3-7-24(18)34-25-8-4-2-6-23(25)31/h1-15H,16H2,(H,30,32). The van der Waals surface area contributed by atoms with E-state index < -0.39 is 0 Å². The minimum atomic E-state index is -0.351. The zero-order chi connectivity index (χ0) is 23.7. The summed E-state index contributed by atoms with van der Waals surface area (Å²) in [6, 6.07) is 27.6. The molecule has 0 unspecified atom stereocenters. The molecule has 5 rings (SSSR count). The molecule has 168 valence electrons. The van der Waals surface area contributed by atoms with Gasteiger partial charge in [0.2, 0.25) is 0 Å². The SMILES string of the molecule is O=C(Nc1ccc(C(=O)N2Cc3ccccc3Sc3ccccc32)cc1)c1ccc(Cl)cc1Cl. The molecule has 0 atom stereocenters. The van der Waals surface area contributed by atoms with Gasteiger partial charge in [-0.1, -0.05) is 65.3 Å². The Balaban J connectivity index is 1.39. The molecule has 4 aromatic rings. The van der Waals surface area contributed by atoms with E-state index in [1.54, 1.807) is 53.1 Å². The summed E-state index contributed by atoms with van der Waals surface area (Å²) in [5.41, 5.74) is 3.39. The molecule has 0 saturated heterocycles. The summed E-state index contributed by atoms with van der Waals surface area (Å²) in [5, 5.41) is 3.54. The molecule has 7 heteroatoms. The number of carbonyl (C=O) groups is 2. The fraction of sp³-hybridized carbons (Fsp3) is 0.0370. The smallest absolute Gasteiger partial charge is 0.258 e. The summed E-state index contributed by atoms with van der Waals surface area (Å²) >= 11 is 13.7. The second-order valence-corrected chi connectivity index (χ2v) is 9.65. The van der Waals surface area contributed by atoms with Crippen molar-refractivity contribution in [3.63, 3.8) is 0 Å². The van der Waals surface area contributed by atoms with Crippen LogP contribution in [0.5, 0.6) is 0 Å². The molecule has 1 aliphatic rings. The van der Waals surface area contributed by atoms with Crippen molar-refractivity contribution < 1.29 is 9.59 Å². The normalized spacial score (nSPS) is 12.4. The number of hydrogen-bond donors (Lipinski definition) is 1. The van der Waals surface area contributed by atoms with Crippen LogP contribution in [-0.2, 0) is 6.54 Å². The summed E-state index contributed by atoms with van der Waals surface area (Å²) < 4.78 is 0. The molecule has 1 heterocycles. The predicted octanol–water partition coefficient (Wildman–Crippen LogP) is 7.56. The zero-order valence-electron chi connectivity index (χ0n) is 17.8. The van der Waals surface area contributed by atoms with Gasteiger partial charge in [0.15, 0.2) is 0 Å². The van der Waals surface area contributed by atoms with Crippen LogP contribution in [0.2, 0.25) is 10.0 Å². The fourth-order valence-electron chi connectivity index (χ4n) is 3.78. The molecule has 0 saturated carbocycles. The van der Waals surface area contributed by atoms with Gasteiger partial charge >= 0.3 is 0 Å². The first kappa shape index (κ1) is 22.5. The van der Waals surface area contributed by atoms with Gasteiger partial charge in [-0.25, -0.2) is 0 Å². The second kappa shape index (κ2) is 9.55. The lowest BCUT2D eigenvalue weighted by molar-refractivity contribution is 0.0983. The molecule has 2 amide bonds. The maximum absolute atomic E-state index is 13.6. The third-order valence-electron chi connectivity index (χ3n) is 5.49. The number of nitrogens with one attached hydrogen (secondary N) is 1. The molecule has 0 aliphatic carbocycles. The van der Waals surface area contributed by atoms with Crippen LogP contribution in [-0.4, -0.2) is 11.8 Å². The van der Waals surface area contributed by atoms with Crippen molar-refractivity contribution in [1.29, 1.82) is 0 Å². The lowest BCUT2D eigenvalue weighted by atomic mass is 10.1. The summed E-state index contributed by atoms with van der Waals surface area (Å²) in [6.07, 6.45) is 0. The Morgan fingerprint density at radius 1 is 0.824 bits per heavy atom. The molecule has 0 bridgehead atoms. The predicted molar refractivity (Wildman–Crippen MR) is 138 cm³/mol. The molecule has 0 radical (unpaired) electrons. The van der Waals surface area contributed by atoms with Crippen molar-refractivity contribution in [2.45, 2.75) is 16.3 Å². The fourth-order valence-corrected chi connectivity index (χ4v) is 5.35. The summed E-state index contributed by atoms with van der Waals surface area (Å²) in [4.78, 5) is 30.1. The maximum Gasteiger partial charge on any atom is 0.258 e. The van der Waals surface area contributed by atoms with Gasteiger partial charge in [0.25, 0.3) is 11.8 Å². The van der Waals surface area contributed by atoms with E-state index in [4.69, 9.17) is 23.2 Å². The third kappa shape index (κ3) is 4.55. The van der Waals surface area contributed by atoms with Crippen LogP contribution in [0.1, 0.15) is 26.3 Å². The highest BCUT2D eigenvalue weighted by Crippen LogP contribution is 2.41. The topological polar surface area (TPSA) is 49.4 Å². The van der Waals surface area contributed by atoms with Crippen molar-refractivity contribution in [1.82, 2.24) is 0 Å². The number of benzene rings is 4. The molecular weight excluding hydrogens is 487 g/mol. The Hall–Kier alpha value is -3.25. The monoisotopic (exact) mass is 504 g/mol. The van der Waals surface area contributed by atoms with Gasteiger partial charge < -0.3 is 10.2 Å². The first-order chi connectivity index (χ1) is 16.5. The van der Waals surface area contributed by atoms with E-state index in [0.29, 0.717) is 28.4 Å². The van der Waals surface area contributed by atoms with Crippen molar-refractivity contribution in [2.24, 2.45) is 0 Å². The van der Waals surface area contributed by atoms with Crippen LogP contribution in [0.25, 0.3) is 0 Å². The first-order valence-electron chi connectivity index (χ1n) is 10.5. The minimum Gasteiger partial charge on any atom is -0.322 e. The molecule has 34 heavy (non-hydrogen) atoms. The summed E-state index contributed by atoms with van der Waals surface area (Å²) in [6.45, 7) is 0.479. The number of hydrogen-bond acceptors (Lipinski definition) is 3. The number of fused-ring (bicyclic) bond motifs is 2. The highest BCUT2D eigenvalue weighted by molar-refractivity contribution is 7.99. The Bertz CT molecular complexity index is 1410. The van der Waals surface area contributed by atoms with Crippen molar-refractivity contribution in [3.8, 4) is 0 Å². The van der Waals surface area contributed by atoms with Gasteiger partial charge in [-0.05, 0) is 66.2 Å². The van der Waals surface area contributed by atoms with Crippen LogP contribution in [0, 0.1) is 0 Å². The number of halogens is 2. The average molecular weight is 505 g/mol. The number of carbonyl (C=O) groups excluding carboxylic acids is 2. The highest BCUT2D eigenvalue weighted by atomic mass is 35.5. The quantitative estimate of drug-likeness (QED) is 0.313. The van der Waals surface area contributed by atoms with E-state index in [1.165, 1.54) is 6.07 Å². The van der Waals surface area contributed by atoms with Crippen LogP contribution >= 0.6 is 35.0 Å². The van der Waals surface area contributed by atoms with Crippen LogP contribution < -0.4 is 10.2 Å². The number of amides is 2. The molecule has 0 fully saturated rings. The first-order valence-corrected chi connectivity index (χ1v) is 12.1. The number of rotatable bonds is 3. The van der Waals surface area contributed by atoms with Crippen LogP contribution in [0.4, 0.5) is 11.4 Å². The molecular formula is C27H18Cl2N2O2S. The average Bonchev–Trinajstić information content (AvgIpc) is 3.01. The molecule has 1 N–H and O–H groups in total. The van der Waals surface area contributed by atoms with Crippen LogP contribution in [0.15, 0.2) is 101 Å². The Kier molecular flexibility index (Phi) is 6.33. The number of anilines is 2. The van der Waals surface area contributed by atoms with E-state index in [0.717, 1.165) is 21.0 Å². The molecule has 1 aliphatic heterocycles. The highest BCUT2D eigenvalue weighted by Gasteiger charge is 2.25. The van der Waals surface area contributed by atoms with Crippen molar-refractivity contribution in [3.05, 3.63) is 118 Å². The van der Waals surface area contributed by atoms with Gasteiger partial charge in [0, 0.05) is 26.1 Å². The number of nitrogens with zero attached hydrogens (tertiary/aromatic N) is 1. The van der Waals surface area contributed by atoms with E-state index in [2.05, 4.69) is 17.4 Å². The maximum atomic E-state index is 13.6. The Morgan fingerprint density at radius 2 is 1.53 bits per heavy atom. The van der Waals surface area contributed by atoms with Gasteiger partial charge in [0.05, 0.1) is 22.8 Å². The van der Waals surface area contributed by atoms with E-state index in [-0.39, 0.29) is 16.8 Å². The lowest BCUT2D eigenvalue weighted by Gasteiger charge is -2.23. The minimum absolute atomic E-state index is 0.108. The van der Waals surface area contributed by atoms with Crippen molar-refractivity contribution in [2.75, 3.05) is 10.2 Å². The zero-order valence-corrected chi connectivity index (χ0v) is 20.1. The number of para-hydroxylation sites is 1. The summed E-state index contributed by atoms with van der Waals surface area (Å²) in [7, 11) is 0. The lowest BCUT2D eigenvalue weighted by Crippen LogP contribution is -2.30. The van der Waals surface area contributed by atoms with Gasteiger partial charge in [-0.2, -0.15) is 0 Å². The van der Waals surface area contributed by atoms with Crippen molar-refractivity contribution >= 4 is 58.2 Å². The van der Waals surface area contributed by atoms with E-state index in [1.807, 2.05) is 36.4 Å². The van der Waals surface area contributed by atoms with E-state index >= 15 is 0 Å². The summed E-state index contributed by atoms with van der Waals surface area (Å²) in [5.74, 6) is -0.459. The largest absolute Gasteiger partial charge is 0.322 e. The van der Waals surface area contributed by atoms with Gasteiger partial charge in [0.1, 0.15) is 0 Å². The van der Waals surface area contributed by atoms with Gasteiger partial charge in [-0.15, -0.1) is 0 Å². The second-order valence-electron chi connectivity index (χ2n) is 7.72. The molecule has 4 nitrogen and oxygen atoms in total. The van der Waals surface area contributed by atoms with Gasteiger partial charge in [-0.3, -0.25) is 9.59 Å². The van der Waals surface area contributed by atoms with Crippen LogP contribution in [0.3, 0.4) is 0 Å². The molecule has 4 aromatic carbocycles. The molecule has 0 spiro atoms. The Morgan fingerprint density at radius 3 is 2.29 bits per heavy atom. The molecule has 0 aromatic heterocycles. The van der Waals surface area contributed by atoms with E-state index in [9.17, 15) is 9.59 Å².